The van der Waals surface area contributed by atoms with E-state index in [0.29, 0.717) is 0 Å². The van der Waals surface area contributed by atoms with Crippen LogP contribution < -0.4 is 4.74 Å². The molecular weight excluding hydrogens is 414 g/mol. The third-order valence-corrected chi connectivity index (χ3v) is 3.59. The SMILES string of the molecule is CC(C)(C)c1ccc(OC(=O)COC(=O)C(F)(F)C(F)(F)C(F)(F)C(=O)O)cc1. The number of rotatable bonds is 7. The predicted molar refractivity (Wildman–Crippen MR) is 84.2 cm³/mol. The average Bonchev–Trinajstić information content (AvgIpc) is 2.58. The van der Waals surface area contributed by atoms with Gasteiger partial charge in [0.1, 0.15) is 5.75 Å². The first-order chi connectivity index (χ1) is 12.9. The summed E-state index contributed by atoms with van der Waals surface area (Å²) in [7, 11) is 0. The second kappa shape index (κ2) is 7.91. The van der Waals surface area contributed by atoms with Crippen LogP contribution in [0, 0.1) is 0 Å². The van der Waals surface area contributed by atoms with E-state index in [1.165, 1.54) is 12.1 Å². The summed E-state index contributed by atoms with van der Waals surface area (Å²) in [5.41, 5.74) is 0.623. The monoisotopic (exact) mass is 430 g/mol. The number of ether oxygens (including phenoxy) is 2. The molecule has 1 N–H and O–H groups in total. The van der Waals surface area contributed by atoms with Gasteiger partial charge in [-0.2, -0.15) is 26.3 Å². The van der Waals surface area contributed by atoms with Crippen LogP contribution in [0.5, 0.6) is 5.75 Å². The number of carboxylic acids is 1. The lowest BCUT2D eigenvalue weighted by molar-refractivity contribution is -0.299. The van der Waals surface area contributed by atoms with Crippen molar-refractivity contribution in [3.63, 3.8) is 0 Å². The topological polar surface area (TPSA) is 89.9 Å². The number of alkyl halides is 6. The minimum Gasteiger partial charge on any atom is -0.477 e. The summed E-state index contributed by atoms with van der Waals surface area (Å²) in [4.78, 5) is 32.7. The minimum atomic E-state index is -6.62. The summed E-state index contributed by atoms with van der Waals surface area (Å²) in [6, 6.07) is 5.82. The number of hydrogen-bond donors (Lipinski definition) is 1. The average molecular weight is 430 g/mol. The molecule has 0 radical (unpaired) electrons. The summed E-state index contributed by atoms with van der Waals surface area (Å²) in [5, 5.41) is 7.98. The van der Waals surface area contributed by atoms with Crippen molar-refractivity contribution in [2.24, 2.45) is 0 Å². The fourth-order valence-corrected chi connectivity index (χ4v) is 1.86. The molecule has 0 spiro atoms. The molecule has 6 nitrogen and oxygen atoms in total. The summed E-state index contributed by atoms with van der Waals surface area (Å²) in [6.45, 7) is 4.09. The second-order valence-electron chi connectivity index (χ2n) is 6.85. The fourth-order valence-electron chi connectivity index (χ4n) is 1.86. The van der Waals surface area contributed by atoms with Gasteiger partial charge in [-0.05, 0) is 23.1 Å². The Morgan fingerprint density at radius 3 is 1.79 bits per heavy atom. The number of carbonyl (C=O) groups is 3. The Balaban J connectivity index is 2.78. The molecule has 0 saturated heterocycles. The van der Waals surface area contributed by atoms with Gasteiger partial charge in [0.05, 0.1) is 0 Å². The van der Waals surface area contributed by atoms with Gasteiger partial charge in [-0.25, -0.2) is 14.4 Å². The zero-order chi connectivity index (χ0) is 22.8. The molecule has 0 heterocycles. The van der Waals surface area contributed by atoms with Gasteiger partial charge in [-0.15, -0.1) is 0 Å². The van der Waals surface area contributed by atoms with E-state index >= 15 is 0 Å². The van der Waals surface area contributed by atoms with Crippen molar-refractivity contribution in [3.8, 4) is 5.75 Å². The summed E-state index contributed by atoms with van der Waals surface area (Å²) in [5.74, 6) is -27.5. The number of carboxylic acid groups (broad SMARTS) is 1. The Morgan fingerprint density at radius 2 is 1.38 bits per heavy atom. The van der Waals surface area contributed by atoms with Gasteiger partial charge in [-0.1, -0.05) is 32.9 Å². The van der Waals surface area contributed by atoms with E-state index in [4.69, 9.17) is 5.11 Å². The van der Waals surface area contributed by atoms with Crippen molar-refractivity contribution in [2.45, 2.75) is 44.0 Å². The summed E-state index contributed by atoms with van der Waals surface area (Å²) in [6.07, 6.45) is 0. The molecule has 0 atom stereocenters. The Hall–Kier alpha value is -2.79. The molecule has 0 aliphatic rings. The maximum Gasteiger partial charge on any atom is 0.411 e. The maximum absolute atomic E-state index is 13.4. The third kappa shape index (κ3) is 4.98. The molecule has 0 aromatic heterocycles. The van der Waals surface area contributed by atoms with Crippen LogP contribution in [-0.4, -0.2) is 47.4 Å². The Kier molecular flexibility index (Phi) is 6.62. The Labute approximate surface area is 160 Å². The van der Waals surface area contributed by atoms with E-state index in [0.717, 1.165) is 5.56 Å². The summed E-state index contributed by atoms with van der Waals surface area (Å²) >= 11 is 0. The molecule has 0 aliphatic carbocycles. The first kappa shape index (κ1) is 24.2. The number of esters is 2. The van der Waals surface area contributed by atoms with Gasteiger partial charge < -0.3 is 14.6 Å². The molecule has 162 valence electrons. The van der Waals surface area contributed by atoms with Gasteiger partial charge >= 0.3 is 35.7 Å². The normalized spacial score (nSPS) is 13.0. The Bertz CT molecular complexity index is 783. The molecular formula is C17H16F6O6. The highest BCUT2D eigenvalue weighted by Gasteiger charge is 2.79. The number of benzene rings is 1. The zero-order valence-corrected chi connectivity index (χ0v) is 15.3. The van der Waals surface area contributed by atoms with Crippen LogP contribution in [-0.2, 0) is 24.5 Å². The first-order valence-electron chi connectivity index (χ1n) is 7.80. The zero-order valence-electron chi connectivity index (χ0n) is 15.3. The van der Waals surface area contributed by atoms with Crippen molar-refractivity contribution in [1.82, 2.24) is 0 Å². The van der Waals surface area contributed by atoms with Crippen LogP contribution in [0.4, 0.5) is 26.3 Å². The van der Waals surface area contributed by atoms with Crippen molar-refractivity contribution in [3.05, 3.63) is 29.8 Å². The molecule has 0 aliphatic heterocycles. The lowest BCUT2D eigenvalue weighted by Gasteiger charge is -2.28. The van der Waals surface area contributed by atoms with E-state index in [1.807, 2.05) is 20.8 Å². The highest BCUT2D eigenvalue weighted by molar-refractivity contribution is 5.85. The molecule has 0 bridgehead atoms. The lowest BCUT2D eigenvalue weighted by atomic mass is 9.87. The van der Waals surface area contributed by atoms with Crippen LogP contribution in [0.2, 0.25) is 0 Å². The van der Waals surface area contributed by atoms with Crippen molar-refractivity contribution >= 4 is 17.9 Å². The molecule has 12 heteroatoms. The maximum atomic E-state index is 13.4. The quantitative estimate of drug-likeness (QED) is 0.405. The molecule has 0 saturated carbocycles. The van der Waals surface area contributed by atoms with E-state index in [9.17, 15) is 40.7 Å². The largest absolute Gasteiger partial charge is 0.477 e. The van der Waals surface area contributed by atoms with Crippen LogP contribution in [0.25, 0.3) is 0 Å². The van der Waals surface area contributed by atoms with Crippen LogP contribution in [0.3, 0.4) is 0 Å². The Morgan fingerprint density at radius 1 is 0.897 bits per heavy atom. The van der Waals surface area contributed by atoms with E-state index in [-0.39, 0.29) is 11.2 Å². The van der Waals surface area contributed by atoms with E-state index < -0.39 is 42.3 Å². The predicted octanol–water partition coefficient (Wildman–Crippen LogP) is 3.42. The summed E-state index contributed by atoms with van der Waals surface area (Å²) < 4.78 is 87.1. The fraction of sp³-hybridized carbons (Fsp3) is 0.471. The van der Waals surface area contributed by atoms with E-state index in [1.54, 1.807) is 12.1 Å². The lowest BCUT2D eigenvalue weighted by Crippen LogP contribution is -2.61. The van der Waals surface area contributed by atoms with Gasteiger partial charge in [0.15, 0.2) is 6.61 Å². The van der Waals surface area contributed by atoms with E-state index in [2.05, 4.69) is 9.47 Å². The molecule has 1 aromatic rings. The number of aliphatic carboxylic acids is 1. The van der Waals surface area contributed by atoms with Crippen molar-refractivity contribution < 1.29 is 55.3 Å². The molecule has 29 heavy (non-hydrogen) atoms. The molecule has 1 rings (SSSR count). The van der Waals surface area contributed by atoms with Gasteiger partial charge in [-0.3, -0.25) is 0 Å². The highest BCUT2D eigenvalue weighted by Crippen LogP contribution is 2.46. The van der Waals surface area contributed by atoms with Gasteiger partial charge in [0.2, 0.25) is 0 Å². The molecule has 0 fully saturated rings. The number of hydrogen-bond acceptors (Lipinski definition) is 5. The van der Waals surface area contributed by atoms with Gasteiger partial charge in [0.25, 0.3) is 0 Å². The van der Waals surface area contributed by atoms with Crippen LogP contribution in [0.15, 0.2) is 24.3 Å². The standard InChI is InChI=1S/C17H16F6O6/c1-14(2,3)9-4-6-10(7-5-9)29-11(24)8-28-13(27)16(20,21)17(22,23)15(18,19)12(25)26/h4-7H,8H2,1-3H3,(H,25,26). The highest BCUT2D eigenvalue weighted by atomic mass is 19.3. The van der Waals surface area contributed by atoms with Crippen molar-refractivity contribution in [2.75, 3.05) is 6.61 Å². The molecule has 1 aromatic carbocycles. The second-order valence-corrected chi connectivity index (χ2v) is 6.85. The number of carbonyl (C=O) groups excluding carboxylic acids is 2. The van der Waals surface area contributed by atoms with Crippen LogP contribution >= 0.6 is 0 Å². The third-order valence-electron chi connectivity index (χ3n) is 3.59. The van der Waals surface area contributed by atoms with Gasteiger partial charge in [0, 0.05) is 0 Å². The first-order valence-corrected chi connectivity index (χ1v) is 7.80. The molecule has 0 unspecified atom stereocenters. The number of halogens is 6. The smallest absolute Gasteiger partial charge is 0.411 e. The van der Waals surface area contributed by atoms with Crippen molar-refractivity contribution in [1.29, 1.82) is 0 Å². The van der Waals surface area contributed by atoms with Crippen LogP contribution in [0.1, 0.15) is 26.3 Å². The molecule has 0 amide bonds. The minimum absolute atomic E-state index is 0.0893.